The third kappa shape index (κ3) is 1.29. The minimum atomic E-state index is -0.667. The van der Waals surface area contributed by atoms with Crippen LogP contribution in [0.4, 0.5) is 0 Å². The van der Waals surface area contributed by atoms with E-state index in [9.17, 15) is 0 Å². The zero-order valence-corrected chi connectivity index (χ0v) is 5.36. The normalized spacial score (nSPS) is 25.1. The Morgan fingerprint density at radius 1 is 1.78 bits per heavy atom. The second kappa shape index (κ2) is 2.64. The summed E-state index contributed by atoms with van der Waals surface area (Å²) in [5, 5.41) is 9.05. The summed E-state index contributed by atoms with van der Waals surface area (Å²) in [6.45, 7) is 2.75. The molecule has 0 fully saturated rings. The van der Waals surface area contributed by atoms with Gasteiger partial charge < -0.3 is 10.0 Å². The van der Waals surface area contributed by atoms with Gasteiger partial charge in [0, 0.05) is 19.0 Å². The monoisotopic (exact) mass is 126 g/mol. The number of aliphatic hydroxyl groups is 1. The number of rotatable bonds is 1. The van der Waals surface area contributed by atoms with E-state index in [1.54, 1.807) is 17.2 Å². The van der Waals surface area contributed by atoms with Crippen molar-refractivity contribution in [3.63, 3.8) is 0 Å². The SMILES string of the molecule is CCN1C=CC=NC1O. The fraction of sp³-hybridized carbons (Fsp3) is 0.500. The van der Waals surface area contributed by atoms with E-state index in [1.807, 2.05) is 13.1 Å². The molecule has 1 rings (SSSR count). The summed E-state index contributed by atoms with van der Waals surface area (Å²) >= 11 is 0. The lowest BCUT2D eigenvalue weighted by Crippen LogP contribution is -2.30. The van der Waals surface area contributed by atoms with Gasteiger partial charge in [-0.05, 0) is 13.0 Å². The number of aliphatic hydroxyl groups excluding tert-OH is 1. The van der Waals surface area contributed by atoms with Gasteiger partial charge in [-0.2, -0.15) is 0 Å². The van der Waals surface area contributed by atoms with Crippen molar-refractivity contribution in [1.82, 2.24) is 4.90 Å². The molecule has 0 radical (unpaired) electrons. The van der Waals surface area contributed by atoms with Gasteiger partial charge in [-0.25, -0.2) is 4.99 Å². The van der Waals surface area contributed by atoms with Crippen molar-refractivity contribution < 1.29 is 5.11 Å². The minimum absolute atomic E-state index is 0.667. The molecule has 1 N–H and O–H groups in total. The first-order chi connectivity index (χ1) is 4.34. The van der Waals surface area contributed by atoms with Crippen LogP contribution in [-0.2, 0) is 0 Å². The van der Waals surface area contributed by atoms with E-state index in [2.05, 4.69) is 4.99 Å². The van der Waals surface area contributed by atoms with Gasteiger partial charge in [0.2, 0.25) is 6.35 Å². The van der Waals surface area contributed by atoms with Crippen LogP contribution in [-0.4, -0.2) is 29.1 Å². The molecular formula is C6H10N2O. The van der Waals surface area contributed by atoms with E-state index in [1.165, 1.54) is 0 Å². The Morgan fingerprint density at radius 3 is 3.00 bits per heavy atom. The van der Waals surface area contributed by atoms with E-state index in [0.29, 0.717) is 0 Å². The second-order valence-electron chi connectivity index (χ2n) is 1.82. The lowest BCUT2D eigenvalue weighted by Gasteiger charge is -2.22. The molecule has 1 atom stereocenters. The summed E-state index contributed by atoms with van der Waals surface area (Å²) in [5.74, 6) is 0. The largest absolute Gasteiger partial charge is 0.355 e. The summed E-state index contributed by atoms with van der Waals surface area (Å²) in [4.78, 5) is 5.49. The van der Waals surface area contributed by atoms with Crippen LogP contribution in [0.15, 0.2) is 17.3 Å². The van der Waals surface area contributed by atoms with Crippen molar-refractivity contribution in [2.75, 3.05) is 6.54 Å². The van der Waals surface area contributed by atoms with Gasteiger partial charge in [-0.15, -0.1) is 0 Å². The third-order valence-electron chi connectivity index (χ3n) is 1.24. The molecule has 1 heterocycles. The van der Waals surface area contributed by atoms with Gasteiger partial charge in [-0.3, -0.25) is 0 Å². The Labute approximate surface area is 54.3 Å². The Bertz CT molecular complexity index is 142. The number of hydrogen-bond acceptors (Lipinski definition) is 3. The topological polar surface area (TPSA) is 35.8 Å². The molecule has 0 saturated carbocycles. The molecule has 0 amide bonds. The molecule has 0 spiro atoms. The molecule has 1 aliphatic heterocycles. The fourth-order valence-electron chi connectivity index (χ4n) is 0.707. The first-order valence-electron chi connectivity index (χ1n) is 2.98. The van der Waals surface area contributed by atoms with Crippen molar-refractivity contribution >= 4 is 6.21 Å². The van der Waals surface area contributed by atoms with Crippen LogP contribution >= 0.6 is 0 Å². The van der Waals surface area contributed by atoms with E-state index in [-0.39, 0.29) is 0 Å². The fourth-order valence-corrected chi connectivity index (χ4v) is 0.707. The highest BCUT2D eigenvalue weighted by Crippen LogP contribution is 2.00. The molecule has 0 aliphatic carbocycles. The maximum Gasteiger partial charge on any atom is 0.225 e. The predicted molar refractivity (Wildman–Crippen MR) is 36.0 cm³/mol. The number of allylic oxidation sites excluding steroid dienone is 1. The summed E-state index contributed by atoms with van der Waals surface area (Å²) in [7, 11) is 0. The number of hydrogen-bond donors (Lipinski definition) is 1. The molecule has 3 heteroatoms. The van der Waals surface area contributed by atoms with Crippen molar-refractivity contribution in [2.45, 2.75) is 13.3 Å². The van der Waals surface area contributed by atoms with Crippen LogP contribution in [0.3, 0.4) is 0 Å². The Morgan fingerprint density at radius 2 is 2.56 bits per heavy atom. The molecule has 9 heavy (non-hydrogen) atoms. The van der Waals surface area contributed by atoms with Gasteiger partial charge in [0.15, 0.2) is 0 Å². The average Bonchev–Trinajstić information content (AvgIpc) is 1.89. The highest BCUT2D eigenvalue weighted by Gasteiger charge is 2.07. The van der Waals surface area contributed by atoms with Gasteiger partial charge in [0.1, 0.15) is 0 Å². The summed E-state index contributed by atoms with van der Waals surface area (Å²) in [6, 6.07) is 0. The van der Waals surface area contributed by atoms with Gasteiger partial charge in [0.05, 0.1) is 0 Å². The van der Waals surface area contributed by atoms with Crippen LogP contribution in [0.5, 0.6) is 0 Å². The number of aliphatic imine (C=N–C) groups is 1. The number of nitrogens with zero attached hydrogens (tertiary/aromatic N) is 2. The average molecular weight is 126 g/mol. The van der Waals surface area contributed by atoms with E-state index in [0.717, 1.165) is 6.54 Å². The molecule has 1 aliphatic rings. The van der Waals surface area contributed by atoms with Gasteiger partial charge >= 0.3 is 0 Å². The first kappa shape index (κ1) is 6.29. The Kier molecular flexibility index (Phi) is 1.85. The van der Waals surface area contributed by atoms with Crippen molar-refractivity contribution in [3.05, 3.63) is 12.3 Å². The van der Waals surface area contributed by atoms with Crippen LogP contribution in [0.2, 0.25) is 0 Å². The first-order valence-corrected chi connectivity index (χ1v) is 2.98. The lowest BCUT2D eigenvalue weighted by molar-refractivity contribution is 0.0484. The molecule has 1 unspecified atom stereocenters. The molecule has 0 aromatic carbocycles. The summed E-state index contributed by atoms with van der Waals surface area (Å²) in [5.41, 5.74) is 0. The summed E-state index contributed by atoms with van der Waals surface area (Å²) in [6.07, 6.45) is 4.55. The van der Waals surface area contributed by atoms with Crippen molar-refractivity contribution in [1.29, 1.82) is 0 Å². The second-order valence-corrected chi connectivity index (χ2v) is 1.82. The van der Waals surface area contributed by atoms with Crippen LogP contribution in [0, 0.1) is 0 Å². The molecule has 0 aromatic rings. The van der Waals surface area contributed by atoms with E-state index in [4.69, 9.17) is 5.11 Å². The maximum atomic E-state index is 9.05. The zero-order chi connectivity index (χ0) is 6.69. The van der Waals surface area contributed by atoms with Gasteiger partial charge in [0.25, 0.3) is 0 Å². The predicted octanol–water partition coefficient (Wildman–Crippen LogP) is 0.182. The third-order valence-corrected chi connectivity index (χ3v) is 1.24. The van der Waals surface area contributed by atoms with Gasteiger partial charge in [-0.1, -0.05) is 0 Å². The molecule has 3 nitrogen and oxygen atoms in total. The Hall–Kier alpha value is -0.830. The molecule has 0 aromatic heterocycles. The van der Waals surface area contributed by atoms with Crippen molar-refractivity contribution in [3.8, 4) is 0 Å². The van der Waals surface area contributed by atoms with Crippen LogP contribution in [0.1, 0.15) is 6.92 Å². The smallest absolute Gasteiger partial charge is 0.225 e. The molecule has 0 bridgehead atoms. The van der Waals surface area contributed by atoms with E-state index >= 15 is 0 Å². The maximum absolute atomic E-state index is 9.05. The van der Waals surface area contributed by atoms with Crippen LogP contribution < -0.4 is 0 Å². The summed E-state index contributed by atoms with van der Waals surface area (Å²) < 4.78 is 0. The molecular weight excluding hydrogens is 116 g/mol. The Balaban J connectivity index is 2.55. The van der Waals surface area contributed by atoms with Crippen LogP contribution in [0.25, 0.3) is 0 Å². The minimum Gasteiger partial charge on any atom is -0.355 e. The van der Waals surface area contributed by atoms with Crippen molar-refractivity contribution in [2.24, 2.45) is 4.99 Å². The molecule has 50 valence electrons. The highest BCUT2D eigenvalue weighted by atomic mass is 16.3. The van der Waals surface area contributed by atoms with E-state index < -0.39 is 6.35 Å². The quantitative estimate of drug-likeness (QED) is 0.544. The molecule has 0 saturated heterocycles. The standard InChI is InChI=1S/C6H10N2O/c1-2-8-5-3-4-7-6(8)9/h3-6,9H,2H2,1H3. The lowest BCUT2D eigenvalue weighted by atomic mass is 10.5. The highest BCUT2D eigenvalue weighted by molar-refractivity contribution is 5.71. The zero-order valence-electron chi connectivity index (χ0n) is 5.36.